The Morgan fingerprint density at radius 1 is 1.18 bits per heavy atom. The molecule has 1 aliphatic carbocycles. The topological polar surface area (TPSA) is 34.1 Å². The van der Waals surface area contributed by atoms with Crippen molar-refractivity contribution in [1.82, 2.24) is 0 Å². The third-order valence-corrected chi connectivity index (χ3v) is 4.98. The number of rotatable bonds is 2. The van der Waals surface area contributed by atoms with Crippen LogP contribution in [0.5, 0.6) is 0 Å². The van der Waals surface area contributed by atoms with E-state index >= 15 is 0 Å². The van der Waals surface area contributed by atoms with Gasteiger partial charge in [-0.3, -0.25) is 0 Å². The molecular weight excluding hydrogens is 256 g/mol. The maximum atomic E-state index is 11.3. The standard InChI is InChI=1S/C13H17ClO2S/c1-10-5-7-11(8-6-10)12-3-2-4-13(9-12)17(14,15)16/h2-4,9-11H,5-8H2,1H3. The summed E-state index contributed by atoms with van der Waals surface area (Å²) in [7, 11) is 1.76. The highest BCUT2D eigenvalue weighted by atomic mass is 35.7. The Morgan fingerprint density at radius 2 is 1.82 bits per heavy atom. The second kappa shape index (κ2) is 4.99. The summed E-state index contributed by atoms with van der Waals surface area (Å²) < 4.78 is 22.6. The fraction of sp³-hybridized carbons (Fsp3) is 0.538. The third-order valence-electron chi connectivity index (χ3n) is 3.63. The Balaban J connectivity index is 2.22. The molecule has 2 rings (SSSR count). The Labute approximate surface area is 107 Å². The van der Waals surface area contributed by atoms with Gasteiger partial charge in [-0.05, 0) is 42.4 Å². The van der Waals surface area contributed by atoms with Crippen LogP contribution < -0.4 is 0 Å². The van der Waals surface area contributed by atoms with Gasteiger partial charge in [-0.15, -0.1) is 0 Å². The van der Waals surface area contributed by atoms with Crippen LogP contribution in [0.15, 0.2) is 29.2 Å². The van der Waals surface area contributed by atoms with Crippen molar-refractivity contribution in [2.24, 2.45) is 5.92 Å². The molecule has 94 valence electrons. The Bertz CT molecular complexity index is 488. The molecule has 1 fully saturated rings. The monoisotopic (exact) mass is 272 g/mol. The van der Waals surface area contributed by atoms with E-state index in [4.69, 9.17) is 10.7 Å². The van der Waals surface area contributed by atoms with Crippen LogP contribution in [0.25, 0.3) is 0 Å². The van der Waals surface area contributed by atoms with Crippen molar-refractivity contribution in [1.29, 1.82) is 0 Å². The predicted molar refractivity (Wildman–Crippen MR) is 69.9 cm³/mol. The molecule has 1 aromatic carbocycles. The van der Waals surface area contributed by atoms with Crippen molar-refractivity contribution in [3.63, 3.8) is 0 Å². The van der Waals surface area contributed by atoms with E-state index in [2.05, 4.69) is 6.92 Å². The smallest absolute Gasteiger partial charge is 0.207 e. The summed E-state index contributed by atoms with van der Waals surface area (Å²) in [5.41, 5.74) is 1.11. The highest BCUT2D eigenvalue weighted by molar-refractivity contribution is 8.13. The first kappa shape index (κ1) is 12.9. The summed E-state index contributed by atoms with van der Waals surface area (Å²) in [4.78, 5) is 0.218. The second-order valence-electron chi connectivity index (χ2n) is 4.97. The van der Waals surface area contributed by atoms with E-state index in [1.54, 1.807) is 18.2 Å². The van der Waals surface area contributed by atoms with E-state index < -0.39 is 9.05 Å². The van der Waals surface area contributed by atoms with Crippen molar-refractivity contribution in [3.8, 4) is 0 Å². The first-order valence-corrected chi connectivity index (χ1v) is 8.32. The highest BCUT2D eigenvalue weighted by Gasteiger charge is 2.21. The number of hydrogen-bond acceptors (Lipinski definition) is 2. The van der Waals surface area contributed by atoms with Gasteiger partial charge in [-0.2, -0.15) is 0 Å². The van der Waals surface area contributed by atoms with E-state index in [1.165, 1.54) is 12.8 Å². The molecule has 1 aromatic rings. The zero-order valence-electron chi connectivity index (χ0n) is 9.90. The molecule has 0 N–H and O–H groups in total. The molecule has 1 aliphatic rings. The lowest BCUT2D eigenvalue weighted by Gasteiger charge is -2.26. The van der Waals surface area contributed by atoms with E-state index in [0.717, 1.165) is 24.3 Å². The van der Waals surface area contributed by atoms with E-state index in [1.807, 2.05) is 6.07 Å². The quantitative estimate of drug-likeness (QED) is 0.765. The average molecular weight is 273 g/mol. The first-order chi connectivity index (χ1) is 7.97. The minimum Gasteiger partial charge on any atom is -0.207 e. The van der Waals surface area contributed by atoms with Gasteiger partial charge in [0.25, 0.3) is 9.05 Å². The zero-order valence-corrected chi connectivity index (χ0v) is 11.5. The summed E-state index contributed by atoms with van der Waals surface area (Å²) in [5, 5.41) is 0. The van der Waals surface area contributed by atoms with Crippen molar-refractivity contribution in [2.75, 3.05) is 0 Å². The molecule has 1 saturated carbocycles. The Kier molecular flexibility index (Phi) is 3.79. The van der Waals surface area contributed by atoms with Crippen LogP contribution in [0.1, 0.15) is 44.1 Å². The van der Waals surface area contributed by atoms with Crippen LogP contribution >= 0.6 is 10.7 Å². The molecule has 0 spiro atoms. The van der Waals surface area contributed by atoms with Gasteiger partial charge in [0.05, 0.1) is 4.90 Å². The molecular formula is C13H17ClO2S. The lowest BCUT2D eigenvalue weighted by molar-refractivity contribution is 0.347. The van der Waals surface area contributed by atoms with Gasteiger partial charge in [0, 0.05) is 10.7 Å². The maximum Gasteiger partial charge on any atom is 0.261 e. The van der Waals surface area contributed by atoms with Gasteiger partial charge in [0.15, 0.2) is 0 Å². The molecule has 0 radical (unpaired) electrons. The SMILES string of the molecule is CC1CCC(c2cccc(S(=O)(=O)Cl)c2)CC1. The predicted octanol–water partition coefficient (Wildman–Crippen LogP) is 3.91. The zero-order chi connectivity index (χ0) is 12.5. The van der Waals surface area contributed by atoms with E-state index in [-0.39, 0.29) is 4.90 Å². The molecule has 0 amide bonds. The van der Waals surface area contributed by atoms with E-state index in [0.29, 0.717) is 5.92 Å². The van der Waals surface area contributed by atoms with Crippen LogP contribution in [0.2, 0.25) is 0 Å². The molecule has 0 saturated heterocycles. The first-order valence-electron chi connectivity index (χ1n) is 6.01. The van der Waals surface area contributed by atoms with Crippen molar-refractivity contribution in [3.05, 3.63) is 29.8 Å². The molecule has 0 bridgehead atoms. The molecule has 0 heterocycles. The number of halogens is 1. The minimum atomic E-state index is -3.60. The normalized spacial score (nSPS) is 25.8. The third kappa shape index (κ3) is 3.23. The van der Waals surface area contributed by atoms with Crippen LogP contribution in [0.4, 0.5) is 0 Å². The van der Waals surface area contributed by atoms with Crippen LogP contribution in [-0.2, 0) is 9.05 Å². The molecule has 0 unspecified atom stereocenters. The molecule has 0 aromatic heterocycles. The summed E-state index contributed by atoms with van der Waals surface area (Å²) in [6.07, 6.45) is 4.74. The summed E-state index contributed by atoms with van der Waals surface area (Å²) in [6, 6.07) is 7.06. The van der Waals surface area contributed by atoms with Gasteiger partial charge < -0.3 is 0 Å². The van der Waals surface area contributed by atoms with E-state index in [9.17, 15) is 8.42 Å². The lowest BCUT2D eigenvalue weighted by Crippen LogP contribution is -2.11. The van der Waals surface area contributed by atoms with Crippen LogP contribution in [-0.4, -0.2) is 8.42 Å². The molecule has 2 nitrogen and oxygen atoms in total. The average Bonchev–Trinajstić information content (AvgIpc) is 2.29. The number of benzene rings is 1. The maximum absolute atomic E-state index is 11.3. The summed E-state index contributed by atoms with van der Waals surface area (Å²) >= 11 is 0. The van der Waals surface area contributed by atoms with Gasteiger partial charge in [0.2, 0.25) is 0 Å². The Hall–Kier alpha value is -0.540. The van der Waals surface area contributed by atoms with Crippen LogP contribution in [0.3, 0.4) is 0 Å². The summed E-state index contributed by atoms with van der Waals surface area (Å²) in [6.45, 7) is 2.27. The number of hydrogen-bond donors (Lipinski definition) is 0. The van der Waals surface area contributed by atoms with Crippen molar-refractivity contribution >= 4 is 19.7 Å². The molecule has 17 heavy (non-hydrogen) atoms. The van der Waals surface area contributed by atoms with Gasteiger partial charge >= 0.3 is 0 Å². The fourth-order valence-electron chi connectivity index (χ4n) is 2.51. The lowest BCUT2D eigenvalue weighted by atomic mass is 9.79. The highest BCUT2D eigenvalue weighted by Crippen LogP contribution is 2.36. The van der Waals surface area contributed by atoms with Gasteiger partial charge in [-0.25, -0.2) is 8.42 Å². The van der Waals surface area contributed by atoms with Gasteiger partial charge in [0.1, 0.15) is 0 Å². The second-order valence-corrected chi connectivity index (χ2v) is 7.53. The molecule has 0 atom stereocenters. The molecule has 0 aliphatic heterocycles. The Morgan fingerprint density at radius 3 is 2.41 bits per heavy atom. The fourth-order valence-corrected chi connectivity index (χ4v) is 3.32. The largest absolute Gasteiger partial charge is 0.261 e. The van der Waals surface area contributed by atoms with Crippen molar-refractivity contribution in [2.45, 2.75) is 43.4 Å². The van der Waals surface area contributed by atoms with Crippen LogP contribution in [0, 0.1) is 5.92 Å². The minimum absolute atomic E-state index is 0.218. The van der Waals surface area contributed by atoms with Gasteiger partial charge in [-0.1, -0.05) is 31.9 Å². The summed E-state index contributed by atoms with van der Waals surface area (Å²) in [5.74, 6) is 1.29. The molecule has 4 heteroatoms. The van der Waals surface area contributed by atoms with Crippen molar-refractivity contribution < 1.29 is 8.42 Å².